The molecule has 0 radical (unpaired) electrons. The summed E-state index contributed by atoms with van der Waals surface area (Å²) in [5.41, 5.74) is 5.69. The number of imidazole rings is 1. The summed E-state index contributed by atoms with van der Waals surface area (Å²) in [5.74, 6) is -0.0471. The predicted octanol–water partition coefficient (Wildman–Crippen LogP) is 6.22. The molecule has 1 amide bonds. The van der Waals surface area contributed by atoms with Crippen molar-refractivity contribution in [2.24, 2.45) is 0 Å². The van der Waals surface area contributed by atoms with Crippen LogP contribution in [-0.4, -0.2) is 15.3 Å². The monoisotopic (exact) mass is 423 g/mol. The second kappa shape index (κ2) is 8.20. The number of hydrogen-bond acceptors (Lipinski definition) is 3. The van der Waals surface area contributed by atoms with E-state index in [-0.39, 0.29) is 5.91 Å². The van der Waals surface area contributed by atoms with Gasteiger partial charge in [-0.2, -0.15) is 0 Å². The lowest BCUT2D eigenvalue weighted by Crippen LogP contribution is -2.31. The highest BCUT2D eigenvalue weighted by Crippen LogP contribution is 2.27. The molecular weight excluding hydrogens is 402 g/mol. The molecule has 2 heterocycles. The number of carbonyl (C=O) groups excluding carboxylic acids is 1. The zero-order valence-electron chi connectivity index (χ0n) is 17.1. The van der Waals surface area contributed by atoms with E-state index in [4.69, 9.17) is 4.98 Å². The SMILES string of the molecule is Cc1ccc(-c2cn3c(C(=O)N(Cc4ccccc4)c4ccccc4)csc3n2)cc1. The molecule has 0 spiro atoms. The molecule has 5 rings (SSSR count). The molecule has 0 unspecified atom stereocenters. The van der Waals surface area contributed by atoms with Crippen molar-refractivity contribution in [1.29, 1.82) is 0 Å². The van der Waals surface area contributed by atoms with Crippen LogP contribution in [-0.2, 0) is 6.54 Å². The van der Waals surface area contributed by atoms with Gasteiger partial charge in [0.25, 0.3) is 5.91 Å². The number of para-hydroxylation sites is 1. The highest BCUT2D eigenvalue weighted by Gasteiger charge is 2.22. The maximum absolute atomic E-state index is 13.7. The number of thiazole rings is 1. The van der Waals surface area contributed by atoms with Gasteiger partial charge in [0.1, 0.15) is 5.69 Å². The van der Waals surface area contributed by atoms with E-state index in [1.807, 2.05) is 81.5 Å². The molecule has 0 fully saturated rings. The number of rotatable bonds is 5. The van der Waals surface area contributed by atoms with Crippen LogP contribution in [0.3, 0.4) is 0 Å². The number of carbonyl (C=O) groups is 1. The van der Waals surface area contributed by atoms with Gasteiger partial charge in [0, 0.05) is 22.8 Å². The number of nitrogens with zero attached hydrogens (tertiary/aromatic N) is 3. The van der Waals surface area contributed by atoms with Crippen molar-refractivity contribution in [3.05, 3.63) is 113 Å². The summed E-state index contributed by atoms with van der Waals surface area (Å²) in [4.78, 5) is 21.1. The van der Waals surface area contributed by atoms with Gasteiger partial charge in [0.05, 0.1) is 12.2 Å². The van der Waals surface area contributed by atoms with Gasteiger partial charge >= 0.3 is 0 Å². The zero-order valence-corrected chi connectivity index (χ0v) is 17.9. The van der Waals surface area contributed by atoms with Crippen LogP contribution in [0.4, 0.5) is 5.69 Å². The average molecular weight is 424 g/mol. The van der Waals surface area contributed by atoms with Crippen molar-refractivity contribution >= 4 is 27.9 Å². The molecule has 0 aliphatic carbocycles. The maximum Gasteiger partial charge on any atom is 0.276 e. The number of aromatic nitrogens is 2. The fourth-order valence-electron chi connectivity index (χ4n) is 3.59. The third-order valence-corrected chi connectivity index (χ3v) is 6.11. The van der Waals surface area contributed by atoms with Crippen LogP contribution < -0.4 is 4.90 Å². The lowest BCUT2D eigenvalue weighted by molar-refractivity contribution is 0.0979. The van der Waals surface area contributed by atoms with Crippen molar-refractivity contribution in [3.63, 3.8) is 0 Å². The number of benzene rings is 3. The quantitative estimate of drug-likeness (QED) is 0.337. The van der Waals surface area contributed by atoms with Gasteiger partial charge in [-0.1, -0.05) is 78.4 Å². The molecule has 5 aromatic rings. The lowest BCUT2D eigenvalue weighted by Gasteiger charge is -2.22. The summed E-state index contributed by atoms with van der Waals surface area (Å²) in [5, 5.41) is 1.89. The zero-order chi connectivity index (χ0) is 21.2. The van der Waals surface area contributed by atoms with Gasteiger partial charge < -0.3 is 4.90 Å². The number of fused-ring (bicyclic) bond motifs is 1. The Morgan fingerprint density at radius 3 is 2.32 bits per heavy atom. The second-order valence-corrected chi connectivity index (χ2v) is 8.31. The maximum atomic E-state index is 13.7. The molecule has 0 aliphatic rings. The van der Waals surface area contributed by atoms with Gasteiger partial charge in [0.2, 0.25) is 0 Å². The van der Waals surface area contributed by atoms with Gasteiger partial charge in [-0.3, -0.25) is 9.20 Å². The third kappa shape index (κ3) is 3.88. The van der Waals surface area contributed by atoms with E-state index in [0.717, 1.165) is 27.5 Å². The molecule has 0 aliphatic heterocycles. The summed E-state index contributed by atoms with van der Waals surface area (Å²) in [7, 11) is 0. The van der Waals surface area contributed by atoms with Crippen LogP contribution in [0, 0.1) is 6.92 Å². The minimum absolute atomic E-state index is 0.0471. The molecular formula is C26H21N3OS. The van der Waals surface area contributed by atoms with E-state index in [0.29, 0.717) is 12.2 Å². The van der Waals surface area contributed by atoms with E-state index in [1.165, 1.54) is 16.9 Å². The molecule has 0 bridgehead atoms. The molecule has 5 heteroatoms. The Morgan fingerprint density at radius 1 is 0.935 bits per heavy atom. The molecule has 31 heavy (non-hydrogen) atoms. The largest absolute Gasteiger partial charge is 0.303 e. The van der Waals surface area contributed by atoms with Gasteiger partial charge in [-0.25, -0.2) is 4.98 Å². The first-order valence-corrected chi connectivity index (χ1v) is 11.0. The molecule has 0 saturated carbocycles. The number of hydrogen-bond donors (Lipinski definition) is 0. The highest BCUT2D eigenvalue weighted by molar-refractivity contribution is 7.15. The Kier molecular flexibility index (Phi) is 5.10. The van der Waals surface area contributed by atoms with Crippen molar-refractivity contribution in [2.75, 3.05) is 4.90 Å². The lowest BCUT2D eigenvalue weighted by atomic mass is 10.1. The number of anilines is 1. The molecule has 3 aromatic carbocycles. The highest BCUT2D eigenvalue weighted by atomic mass is 32.1. The first kappa shape index (κ1) is 19.3. The van der Waals surface area contributed by atoms with E-state index in [2.05, 4.69) is 31.2 Å². The predicted molar refractivity (Wildman–Crippen MR) is 127 cm³/mol. The topological polar surface area (TPSA) is 37.6 Å². The van der Waals surface area contributed by atoms with Crippen LogP contribution in [0.5, 0.6) is 0 Å². The average Bonchev–Trinajstić information content (AvgIpc) is 3.40. The summed E-state index contributed by atoms with van der Waals surface area (Å²) in [6.07, 6.45) is 1.95. The Labute approximate surface area is 185 Å². The Morgan fingerprint density at radius 2 is 1.61 bits per heavy atom. The van der Waals surface area contributed by atoms with Gasteiger partial charge in [0.15, 0.2) is 4.96 Å². The minimum Gasteiger partial charge on any atom is -0.303 e. The van der Waals surface area contributed by atoms with Crippen molar-refractivity contribution in [2.45, 2.75) is 13.5 Å². The fourth-order valence-corrected chi connectivity index (χ4v) is 4.44. The van der Waals surface area contributed by atoms with E-state index in [1.54, 1.807) is 0 Å². The second-order valence-electron chi connectivity index (χ2n) is 7.48. The van der Waals surface area contributed by atoms with Crippen molar-refractivity contribution in [1.82, 2.24) is 9.38 Å². The van der Waals surface area contributed by atoms with Crippen LogP contribution in [0.25, 0.3) is 16.2 Å². The van der Waals surface area contributed by atoms with Crippen LogP contribution in [0.2, 0.25) is 0 Å². The first-order chi connectivity index (χ1) is 15.2. The summed E-state index contributed by atoms with van der Waals surface area (Å²) in [6, 6.07) is 28.1. The van der Waals surface area contributed by atoms with Gasteiger partial charge in [-0.05, 0) is 24.6 Å². The van der Waals surface area contributed by atoms with Gasteiger partial charge in [-0.15, -0.1) is 11.3 Å². The molecule has 152 valence electrons. The van der Waals surface area contributed by atoms with Crippen molar-refractivity contribution in [3.8, 4) is 11.3 Å². The number of amides is 1. The summed E-state index contributed by atoms with van der Waals surface area (Å²) in [6.45, 7) is 2.57. The third-order valence-electron chi connectivity index (χ3n) is 5.27. The first-order valence-electron chi connectivity index (χ1n) is 10.1. The normalized spacial score (nSPS) is 11.0. The van der Waals surface area contributed by atoms with E-state index in [9.17, 15) is 4.79 Å². The fraction of sp³-hybridized carbons (Fsp3) is 0.0769. The summed E-state index contributed by atoms with van der Waals surface area (Å²) >= 11 is 1.48. The minimum atomic E-state index is -0.0471. The van der Waals surface area contributed by atoms with Crippen LogP contribution in [0.1, 0.15) is 21.6 Å². The van der Waals surface area contributed by atoms with Crippen molar-refractivity contribution < 1.29 is 4.79 Å². The Balaban J connectivity index is 1.53. The standard InChI is InChI=1S/C26H21N3OS/c1-19-12-14-21(15-13-19)23-17-29-24(18-31-26(29)27-23)25(30)28(22-10-6-3-7-11-22)16-20-8-4-2-5-9-20/h2-15,17-18H,16H2,1H3. The molecule has 0 N–H and O–H groups in total. The number of aryl methyl sites for hydroxylation is 1. The van der Waals surface area contributed by atoms with E-state index < -0.39 is 0 Å². The molecule has 4 nitrogen and oxygen atoms in total. The molecule has 0 atom stereocenters. The molecule has 2 aromatic heterocycles. The molecule has 0 saturated heterocycles. The Bertz CT molecular complexity index is 1320. The Hall–Kier alpha value is -3.70. The summed E-state index contributed by atoms with van der Waals surface area (Å²) < 4.78 is 1.91. The smallest absolute Gasteiger partial charge is 0.276 e. The van der Waals surface area contributed by atoms with Crippen LogP contribution >= 0.6 is 11.3 Å². The van der Waals surface area contributed by atoms with Crippen LogP contribution in [0.15, 0.2) is 96.5 Å². The van der Waals surface area contributed by atoms with E-state index >= 15 is 0 Å².